The van der Waals surface area contributed by atoms with Crippen LogP contribution in [0.3, 0.4) is 0 Å². The summed E-state index contributed by atoms with van der Waals surface area (Å²) in [5.41, 5.74) is 15.7. The molecule has 0 unspecified atom stereocenters. The van der Waals surface area contributed by atoms with Crippen molar-refractivity contribution in [3.05, 3.63) is 218 Å². The standard InChI is InChI=1S/C56H36N4/c1-3-14-37(15-4-1)40-16-13-17-43(34-40)55-47-22-7-10-23-50(47)57-56(58-55)60-52-25-12-9-21-46(52)49-36-42(31-33-54(49)60)39-28-26-38(27-29-39)41-30-32-53-48(35-41)45-20-8-11-24-51(45)59(53)44-18-5-2-6-19-44/h1-36H. The van der Waals surface area contributed by atoms with Crippen LogP contribution in [0.25, 0.3) is 111 Å². The Hall–Kier alpha value is -8.08. The maximum absolute atomic E-state index is 5.37. The number of para-hydroxylation sites is 4. The minimum atomic E-state index is 0.654. The second-order valence-corrected chi connectivity index (χ2v) is 15.4. The second-order valence-electron chi connectivity index (χ2n) is 15.4. The third-order valence-corrected chi connectivity index (χ3v) is 11.9. The fraction of sp³-hybridized carbons (Fsp3) is 0. The monoisotopic (exact) mass is 764 g/mol. The molecule has 4 nitrogen and oxygen atoms in total. The minimum Gasteiger partial charge on any atom is -0.309 e. The van der Waals surface area contributed by atoms with Crippen molar-refractivity contribution in [3.63, 3.8) is 0 Å². The molecule has 0 aliphatic carbocycles. The van der Waals surface area contributed by atoms with E-state index in [1.807, 2.05) is 0 Å². The molecule has 0 spiro atoms. The third-order valence-electron chi connectivity index (χ3n) is 11.9. The van der Waals surface area contributed by atoms with E-state index >= 15 is 0 Å². The van der Waals surface area contributed by atoms with Crippen molar-refractivity contribution in [2.45, 2.75) is 0 Å². The summed E-state index contributed by atoms with van der Waals surface area (Å²) in [6.07, 6.45) is 0. The molecule has 0 amide bonds. The minimum absolute atomic E-state index is 0.654. The topological polar surface area (TPSA) is 35.6 Å². The van der Waals surface area contributed by atoms with E-state index in [9.17, 15) is 0 Å². The van der Waals surface area contributed by atoms with Gasteiger partial charge in [0.1, 0.15) is 0 Å². The summed E-state index contributed by atoms with van der Waals surface area (Å²) in [4.78, 5) is 10.6. The maximum atomic E-state index is 5.37. The number of aromatic nitrogens is 4. The van der Waals surface area contributed by atoms with Crippen LogP contribution in [0, 0.1) is 0 Å². The van der Waals surface area contributed by atoms with Crippen LogP contribution in [0.2, 0.25) is 0 Å². The highest BCUT2D eigenvalue weighted by atomic mass is 15.2. The Morgan fingerprint density at radius 3 is 1.38 bits per heavy atom. The van der Waals surface area contributed by atoms with Gasteiger partial charge in [-0.05, 0) is 94.0 Å². The predicted molar refractivity (Wildman–Crippen MR) is 250 cm³/mol. The van der Waals surface area contributed by atoms with Crippen molar-refractivity contribution in [3.8, 4) is 56.3 Å². The molecule has 4 heteroatoms. The van der Waals surface area contributed by atoms with Gasteiger partial charge >= 0.3 is 0 Å². The number of fused-ring (bicyclic) bond motifs is 7. The van der Waals surface area contributed by atoms with Crippen molar-refractivity contribution in [2.75, 3.05) is 0 Å². The highest BCUT2D eigenvalue weighted by molar-refractivity contribution is 6.12. The maximum Gasteiger partial charge on any atom is 0.235 e. The summed E-state index contributed by atoms with van der Waals surface area (Å²) in [7, 11) is 0. The van der Waals surface area contributed by atoms with Crippen molar-refractivity contribution >= 4 is 54.5 Å². The zero-order valence-electron chi connectivity index (χ0n) is 32.6. The third kappa shape index (κ3) is 5.53. The van der Waals surface area contributed by atoms with Gasteiger partial charge in [-0.1, -0.05) is 158 Å². The Balaban J connectivity index is 0.943. The summed E-state index contributed by atoms with van der Waals surface area (Å²) in [5.74, 6) is 0.654. The van der Waals surface area contributed by atoms with Crippen LogP contribution in [0.1, 0.15) is 0 Å². The van der Waals surface area contributed by atoms with E-state index in [0.29, 0.717) is 5.95 Å². The van der Waals surface area contributed by atoms with E-state index in [1.165, 1.54) is 55.1 Å². The fourth-order valence-electron chi connectivity index (χ4n) is 9.09. The average molecular weight is 765 g/mol. The molecule has 0 bridgehead atoms. The van der Waals surface area contributed by atoms with Crippen molar-refractivity contribution < 1.29 is 0 Å². The van der Waals surface area contributed by atoms with Crippen LogP contribution >= 0.6 is 0 Å². The van der Waals surface area contributed by atoms with Crippen LogP contribution in [0.4, 0.5) is 0 Å². The van der Waals surface area contributed by atoms with E-state index in [0.717, 1.165) is 49.7 Å². The number of nitrogens with zero attached hydrogens (tertiary/aromatic N) is 4. The van der Waals surface area contributed by atoms with Crippen molar-refractivity contribution in [1.29, 1.82) is 0 Å². The Bertz CT molecular complexity index is 3580. The Morgan fingerprint density at radius 1 is 0.267 bits per heavy atom. The SMILES string of the molecule is c1ccc(-c2cccc(-c3nc(-n4c5ccccc5c5cc(-c6ccc(-c7ccc8c(c7)c7ccccc7n8-c7ccccc7)cc6)ccc54)nc4ccccc34)c2)cc1. The zero-order chi connectivity index (χ0) is 39.6. The molecule has 12 aromatic rings. The molecule has 0 aliphatic rings. The quantitative estimate of drug-likeness (QED) is 0.169. The van der Waals surface area contributed by atoms with Crippen LogP contribution in [0.5, 0.6) is 0 Å². The molecule has 60 heavy (non-hydrogen) atoms. The van der Waals surface area contributed by atoms with Crippen molar-refractivity contribution in [1.82, 2.24) is 19.1 Å². The molecular formula is C56H36N4. The van der Waals surface area contributed by atoms with Crippen LogP contribution in [-0.2, 0) is 0 Å². The first kappa shape index (κ1) is 34.0. The average Bonchev–Trinajstić information content (AvgIpc) is 3.84. The Kier molecular flexibility index (Phi) is 7.82. The molecule has 3 aromatic heterocycles. The van der Waals surface area contributed by atoms with Crippen LogP contribution in [0.15, 0.2) is 218 Å². The van der Waals surface area contributed by atoms with Gasteiger partial charge in [-0.3, -0.25) is 4.57 Å². The first-order valence-corrected chi connectivity index (χ1v) is 20.4. The molecule has 280 valence electrons. The number of benzene rings is 9. The van der Waals surface area contributed by atoms with E-state index in [4.69, 9.17) is 9.97 Å². The van der Waals surface area contributed by atoms with Gasteiger partial charge in [0, 0.05) is 38.2 Å². The van der Waals surface area contributed by atoms with E-state index < -0.39 is 0 Å². The molecule has 0 atom stereocenters. The summed E-state index contributed by atoms with van der Waals surface area (Å²) in [6, 6.07) is 78.0. The molecule has 0 fully saturated rings. The second kappa shape index (κ2) is 13.8. The molecule has 0 saturated heterocycles. The lowest BCUT2D eigenvalue weighted by atomic mass is 9.98. The van der Waals surface area contributed by atoms with Gasteiger partial charge in [-0.2, -0.15) is 0 Å². The fourth-order valence-corrected chi connectivity index (χ4v) is 9.09. The highest BCUT2D eigenvalue weighted by Gasteiger charge is 2.19. The summed E-state index contributed by atoms with van der Waals surface area (Å²) < 4.78 is 4.58. The normalized spacial score (nSPS) is 11.7. The molecular weight excluding hydrogens is 729 g/mol. The number of rotatable bonds is 6. The van der Waals surface area contributed by atoms with E-state index in [1.54, 1.807) is 0 Å². The number of hydrogen-bond acceptors (Lipinski definition) is 2. The van der Waals surface area contributed by atoms with Gasteiger partial charge in [0.2, 0.25) is 5.95 Å². The summed E-state index contributed by atoms with van der Waals surface area (Å²) in [6.45, 7) is 0. The van der Waals surface area contributed by atoms with E-state index in [2.05, 4.69) is 228 Å². The molecule has 0 radical (unpaired) electrons. The van der Waals surface area contributed by atoms with Crippen LogP contribution in [-0.4, -0.2) is 19.1 Å². The van der Waals surface area contributed by atoms with E-state index in [-0.39, 0.29) is 0 Å². The molecule has 9 aromatic carbocycles. The van der Waals surface area contributed by atoms with Gasteiger partial charge in [-0.25, -0.2) is 9.97 Å². The predicted octanol–water partition coefficient (Wildman–Crippen LogP) is 14.5. The van der Waals surface area contributed by atoms with Crippen molar-refractivity contribution in [2.24, 2.45) is 0 Å². The van der Waals surface area contributed by atoms with Gasteiger partial charge in [0.25, 0.3) is 0 Å². The lowest BCUT2D eigenvalue weighted by Gasteiger charge is -2.13. The smallest absolute Gasteiger partial charge is 0.235 e. The molecule has 0 aliphatic heterocycles. The largest absolute Gasteiger partial charge is 0.309 e. The Morgan fingerprint density at radius 2 is 0.717 bits per heavy atom. The van der Waals surface area contributed by atoms with Gasteiger partial charge < -0.3 is 4.57 Å². The first-order chi connectivity index (χ1) is 29.7. The molecule has 12 rings (SSSR count). The van der Waals surface area contributed by atoms with Gasteiger partial charge in [0.05, 0.1) is 33.3 Å². The summed E-state index contributed by atoms with van der Waals surface area (Å²) in [5, 5.41) is 5.86. The highest BCUT2D eigenvalue weighted by Crippen LogP contribution is 2.38. The molecule has 3 heterocycles. The zero-order valence-corrected chi connectivity index (χ0v) is 32.6. The van der Waals surface area contributed by atoms with Gasteiger partial charge in [0.15, 0.2) is 0 Å². The summed E-state index contributed by atoms with van der Waals surface area (Å²) >= 11 is 0. The number of hydrogen-bond donors (Lipinski definition) is 0. The van der Waals surface area contributed by atoms with Crippen LogP contribution < -0.4 is 0 Å². The molecule has 0 saturated carbocycles. The van der Waals surface area contributed by atoms with Gasteiger partial charge in [-0.15, -0.1) is 0 Å². The lowest BCUT2D eigenvalue weighted by molar-refractivity contribution is 1.01. The Labute approximate surface area is 346 Å². The first-order valence-electron chi connectivity index (χ1n) is 20.4. The molecule has 0 N–H and O–H groups in total. The lowest BCUT2D eigenvalue weighted by Crippen LogP contribution is -2.03.